The standard InChI is InChI=1S/C14H20N2O4/c1-11-2-3-12(13(8-11)16(18)19)15-9-14(4-6-17)5-7-20-10-14/h2-3,8,15,17H,4-7,9-10H2,1H3/t14-/m1/s1. The quantitative estimate of drug-likeness (QED) is 0.615. The molecule has 0 spiro atoms. The van der Waals surface area contributed by atoms with Crippen molar-refractivity contribution in [3.63, 3.8) is 0 Å². The fourth-order valence-electron chi connectivity index (χ4n) is 2.54. The minimum atomic E-state index is -0.376. The molecule has 0 aromatic heterocycles. The molecule has 0 bridgehead atoms. The van der Waals surface area contributed by atoms with E-state index >= 15 is 0 Å². The molecular weight excluding hydrogens is 260 g/mol. The van der Waals surface area contributed by atoms with Gasteiger partial charge in [-0.05, 0) is 31.4 Å². The Morgan fingerprint density at radius 3 is 2.95 bits per heavy atom. The number of aliphatic hydroxyl groups excluding tert-OH is 1. The number of nitro groups is 1. The van der Waals surface area contributed by atoms with Crippen molar-refractivity contribution >= 4 is 11.4 Å². The lowest BCUT2D eigenvalue weighted by atomic mass is 9.84. The van der Waals surface area contributed by atoms with Gasteiger partial charge in [0.1, 0.15) is 5.69 Å². The van der Waals surface area contributed by atoms with Crippen LogP contribution in [0.15, 0.2) is 18.2 Å². The van der Waals surface area contributed by atoms with E-state index in [4.69, 9.17) is 4.74 Å². The van der Waals surface area contributed by atoms with E-state index in [9.17, 15) is 15.2 Å². The highest BCUT2D eigenvalue weighted by atomic mass is 16.6. The van der Waals surface area contributed by atoms with Gasteiger partial charge in [0, 0.05) is 31.2 Å². The number of aliphatic hydroxyl groups is 1. The first-order valence-corrected chi connectivity index (χ1v) is 6.74. The first-order valence-electron chi connectivity index (χ1n) is 6.74. The summed E-state index contributed by atoms with van der Waals surface area (Å²) >= 11 is 0. The molecule has 0 radical (unpaired) electrons. The molecule has 6 nitrogen and oxygen atoms in total. The van der Waals surface area contributed by atoms with Crippen molar-refractivity contribution in [2.45, 2.75) is 19.8 Å². The fraction of sp³-hybridized carbons (Fsp3) is 0.571. The Hall–Kier alpha value is -1.66. The maximum Gasteiger partial charge on any atom is 0.292 e. The fourth-order valence-corrected chi connectivity index (χ4v) is 2.54. The topological polar surface area (TPSA) is 84.6 Å². The second-order valence-electron chi connectivity index (χ2n) is 5.41. The summed E-state index contributed by atoms with van der Waals surface area (Å²) < 4.78 is 5.41. The van der Waals surface area contributed by atoms with Crippen LogP contribution >= 0.6 is 0 Å². The third kappa shape index (κ3) is 3.26. The summed E-state index contributed by atoms with van der Waals surface area (Å²) in [5, 5.41) is 23.4. The van der Waals surface area contributed by atoms with E-state index in [0.717, 1.165) is 12.0 Å². The molecule has 1 atom stereocenters. The number of rotatable bonds is 6. The molecule has 0 aliphatic carbocycles. The van der Waals surface area contributed by atoms with E-state index in [1.807, 2.05) is 13.0 Å². The third-order valence-electron chi connectivity index (χ3n) is 3.83. The molecular formula is C14H20N2O4. The Bertz CT molecular complexity index is 484. The molecule has 110 valence electrons. The number of hydrogen-bond donors (Lipinski definition) is 2. The van der Waals surface area contributed by atoms with Gasteiger partial charge in [-0.25, -0.2) is 0 Å². The number of nitrogens with one attached hydrogen (secondary N) is 1. The number of benzene rings is 1. The average Bonchev–Trinajstić information content (AvgIpc) is 2.86. The van der Waals surface area contributed by atoms with Gasteiger partial charge in [0.25, 0.3) is 5.69 Å². The van der Waals surface area contributed by atoms with Gasteiger partial charge in [0.05, 0.1) is 11.5 Å². The summed E-state index contributed by atoms with van der Waals surface area (Å²) in [7, 11) is 0. The Labute approximate surface area is 117 Å². The SMILES string of the molecule is Cc1ccc(NC[C@@]2(CCO)CCOC2)c([N+](=O)[O-])c1. The van der Waals surface area contributed by atoms with Crippen LogP contribution in [-0.2, 0) is 4.74 Å². The summed E-state index contributed by atoms with van der Waals surface area (Å²) in [6.45, 7) is 3.76. The van der Waals surface area contributed by atoms with Crippen molar-refractivity contribution in [3.05, 3.63) is 33.9 Å². The molecule has 1 aromatic carbocycles. The highest BCUT2D eigenvalue weighted by Crippen LogP contribution is 2.34. The Balaban J connectivity index is 2.12. The van der Waals surface area contributed by atoms with Crippen molar-refractivity contribution in [1.82, 2.24) is 0 Å². The Morgan fingerprint density at radius 2 is 2.35 bits per heavy atom. The molecule has 2 rings (SSSR count). The molecule has 0 unspecified atom stereocenters. The van der Waals surface area contributed by atoms with E-state index in [1.165, 1.54) is 0 Å². The summed E-state index contributed by atoms with van der Waals surface area (Å²) in [5.74, 6) is 0. The van der Waals surface area contributed by atoms with Crippen LogP contribution in [0.2, 0.25) is 0 Å². The molecule has 1 saturated heterocycles. The average molecular weight is 280 g/mol. The van der Waals surface area contributed by atoms with Crippen molar-refractivity contribution in [1.29, 1.82) is 0 Å². The zero-order valence-electron chi connectivity index (χ0n) is 11.6. The van der Waals surface area contributed by atoms with Gasteiger partial charge in [0.2, 0.25) is 0 Å². The van der Waals surface area contributed by atoms with Crippen LogP contribution in [0.4, 0.5) is 11.4 Å². The highest BCUT2D eigenvalue weighted by molar-refractivity contribution is 5.62. The number of hydrogen-bond acceptors (Lipinski definition) is 5. The molecule has 1 aliphatic heterocycles. The molecule has 0 saturated carbocycles. The van der Waals surface area contributed by atoms with Gasteiger partial charge in [-0.2, -0.15) is 0 Å². The van der Waals surface area contributed by atoms with Crippen LogP contribution < -0.4 is 5.32 Å². The van der Waals surface area contributed by atoms with E-state index in [2.05, 4.69) is 5.32 Å². The van der Waals surface area contributed by atoms with Crippen molar-refractivity contribution < 1.29 is 14.8 Å². The zero-order valence-corrected chi connectivity index (χ0v) is 11.6. The minimum Gasteiger partial charge on any atom is -0.396 e. The van der Waals surface area contributed by atoms with Crippen molar-refractivity contribution in [2.24, 2.45) is 5.41 Å². The largest absolute Gasteiger partial charge is 0.396 e. The van der Waals surface area contributed by atoms with Crippen LogP contribution in [0.3, 0.4) is 0 Å². The molecule has 0 amide bonds. The van der Waals surface area contributed by atoms with Crippen molar-refractivity contribution in [3.8, 4) is 0 Å². The molecule has 1 aliphatic rings. The normalized spacial score (nSPS) is 21.9. The van der Waals surface area contributed by atoms with Gasteiger partial charge in [-0.1, -0.05) is 6.07 Å². The van der Waals surface area contributed by atoms with Crippen molar-refractivity contribution in [2.75, 3.05) is 31.7 Å². The summed E-state index contributed by atoms with van der Waals surface area (Å²) in [6.07, 6.45) is 1.50. The van der Waals surface area contributed by atoms with Crippen LogP contribution in [0, 0.1) is 22.5 Å². The van der Waals surface area contributed by atoms with Crippen LogP contribution in [0.5, 0.6) is 0 Å². The van der Waals surface area contributed by atoms with Gasteiger partial charge in [-0.3, -0.25) is 10.1 Å². The number of ether oxygens (including phenoxy) is 1. The maximum atomic E-state index is 11.1. The Kier molecular flexibility index (Phi) is 4.57. The van der Waals surface area contributed by atoms with E-state index in [0.29, 0.717) is 31.9 Å². The third-order valence-corrected chi connectivity index (χ3v) is 3.83. The van der Waals surface area contributed by atoms with E-state index in [-0.39, 0.29) is 22.6 Å². The molecule has 1 aromatic rings. The van der Waals surface area contributed by atoms with Gasteiger partial charge in [0.15, 0.2) is 0 Å². The predicted octanol–water partition coefficient (Wildman–Crippen LogP) is 2.10. The van der Waals surface area contributed by atoms with Gasteiger partial charge >= 0.3 is 0 Å². The maximum absolute atomic E-state index is 11.1. The summed E-state index contributed by atoms with van der Waals surface area (Å²) in [5.41, 5.74) is 1.33. The molecule has 1 fully saturated rings. The number of aryl methyl sites for hydroxylation is 1. The predicted molar refractivity (Wildman–Crippen MR) is 75.9 cm³/mol. The Morgan fingerprint density at radius 1 is 1.55 bits per heavy atom. The van der Waals surface area contributed by atoms with Crippen LogP contribution in [0.1, 0.15) is 18.4 Å². The number of nitrogens with zero attached hydrogens (tertiary/aromatic N) is 1. The molecule has 6 heteroatoms. The van der Waals surface area contributed by atoms with Gasteiger partial charge in [-0.15, -0.1) is 0 Å². The lowest BCUT2D eigenvalue weighted by Crippen LogP contribution is -2.31. The smallest absolute Gasteiger partial charge is 0.292 e. The van der Waals surface area contributed by atoms with Crippen LogP contribution in [-0.4, -0.2) is 36.4 Å². The highest BCUT2D eigenvalue weighted by Gasteiger charge is 2.34. The first-order chi connectivity index (χ1) is 9.56. The second-order valence-corrected chi connectivity index (χ2v) is 5.41. The summed E-state index contributed by atoms with van der Waals surface area (Å²) in [6, 6.07) is 5.14. The molecule has 1 heterocycles. The summed E-state index contributed by atoms with van der Waals surface area (Å²) in [4.78, 5) is 10.7. The van der Waals surface area contributed by atoms with Gasteiger partial charge < -0.3 is 15.2 Å². The monoisotopic (exact) mass is 280 g/mol. The minimum absolute atomic E-state index is 0.0862. The molecule has 20 heavy (non-hydrogen) atoms. The number of nitro benzene ring substituents is 1. The second kappa shape index (κ2) is 6.19. The lowest BCUT2D eigenvalue weighted by molar-refractivity contribution is -0.384. The molecule has 2 N–H and O–H groups in total. The first kappa shape index (κ1) is 14.7. The van der Waals surface area contributed by atoms with Crippen LogP contribution in [0.25, 0.3) is 0 Å². The van der Waals surface area contributed by atoms with E-state index < -0.39 is 0 Å². The number of anilines is 1. The zero-order chi connectivity index (χ0) is 14.6. The lowest BCUT2D eigenvalue weighted by Gasteiger charge is -2.27. The van der Waals surface area contributed by atoms with E-state index in [1.54, 1.807) is 12.1 Å².